The molecular weight excluding hydrogens is 566 g/mol. The van der Waals surface area contributed by atoms with Crippen molar-refractivity contribution in [3.8, 4) is 0 Å². The molecule has 0 aromatic rings. The quantitative estimate of drug-likeness (QED) is 0.0512. The van der Waals surface area contributed by atoms with Gasteiger partial charge in [-0.3, -0.25) is 9.59 Å². The molecule has 0 fully saturated rings. The van der Waals surface area contributed by atoms with Crippen molar-refractivity contribution >= 4 is 34.8 Å². The number of nitrogens with two attached hydrogens (primary N) is 1. The number of rotatable bonds is 20. The van der Waals surface area contributed by atoms with Crippen molar-refractivity contribution in [2.75, 3.05) is 0 Å². The molecule has 9 nitrogen and oxygen atoms in total. The number of carboxylic acids is 2. The first kappa shape index (κ1) is 52.1. The smallest absolute Gasteiger partial charge is 0.320 e. The Morgan fingerprint density at radius 3 is 1.04 bits per heavy atom. The maximum atomic E-state index is 10.5. The summed E-state index contributed by atoms with van der Waals surface area (Å²) in [7, 11) is 0. The normalized spacial score (nSPS) is 11.6. The van der Waals surface area contributed by atoms with Crippen LogP contribution in [0, 0.1) is 51.2 Å². The van der Waals surface area contributed by atoms with E-state index in [4.69, 9.17) is 37.6 Å². The van der Waals surface area contributed by atoms with E-state index in [-0.39, 0.29) is 13.3 Å². The number of carbonyl (C=O) groups is 2. The van der Waals surface area contributed by atoms with Crippen LogP contribution in [0.15, 0.2) is 0 Å². The lowest BCUT2D eigenvalue weighted by molar-refractivity contribution is -0.141. The van der Waals surface area contributed by atoms with Gasteiger partial charge >= 0.3 is 11.9 Å². The molecule has 0 aromatic carbocycles. The summed E-state index contributed by atoms with van der Waals surface area (Å²) in [5, 5.41) is 47.0. The summed E-state index contributed by atoms with van der Waals surface area (Å²) >= 11 is 0. The van der Waals surface area contributed by atoms with Crippen LogP contribution in [0.3, 0.4) is 0 Å². The first-order chi connectivity index (χ1) is 20.3. The Balaban J connectivity index is -0.000000162. The molecule has 268 valence electrons. The minimum Gasteiger partial charge on any atom is -0.481 e. The Hall–Kier alpha value is -2.42. The van der Waals surface area contributed by atoms with Crippen LogP contribution >= 0.6 is 0 Å². The lowest BCUT2D eigenvalue weighted by atomic mass is 9.99. The Kier molecular flexibility index (Phi) is 38.2. The predicted octanol–water partition coefficient (Wildman–Crippen LogP) is 10.1. The Morgan fingerprint density at radius 1 is 0.533 bits per heavy atom. The van der Waals surface area contributed by atoms with Crippen LogP contribution in [0.5, 0.6) is 0 Å². The monoisotopic (exact) mass is 642 g/mol. The van der Waals surface area contributed by atoms with Crippen LogP contribution in [0.1, 0.15) is 161 Å². The van der Waals surface area contributed by atoms with E-state index in [0.29, 0.717) is 30.1 Å². The topological polar surface area (TPSA) is 196 Å². The summed E-state index contributed by atoms with van der Waals surface area (Å²) < 4.78 is 0. The Bertz CT molecular complexity index is 741. The number of hydrogen-bond acceptors (Lipinski definition) is 7. The zero-order chi connectivity index (χ0) is 35.4. The molecule has 2 unspecified atom stereocenters. The molecule has 8 N–H and O–H groups in total. The Labute approximate surface area is 278 Å². The molecule has 0 aliphatic heterocycles. The minimum atomic E-state index is -0.941. The molecular formula is C36H75N5O4. The second-order valence-corrected chi connectivity index (χ2v) is 12.9. The first-order valence-electron chi connectivity index (χ1n) is 16.8. The van der Waals surface area contributed by atoms with Gasteiger partial charge in [-0.05, 0) is 75.0 Å². The maximum absolute atomic E-state index is 10.5. The molecule has 0 amide bonds. The third-order valence-corrected chi connectivity index (χ3v) is 7.11. The summed E-state index contributed by atoms with van der Waals surface area (Å²) in [6, 6.07) is -0.747. The van der Waals surface area contributed by atoms with Gasteiger partial charge in [0.2, 0.25) is 0 Å². The van der Waals surface area contributed by atoms with Gasteiger partial charge in [0.15, 0.2) is 0 Å². The number of carboxylic acid groups (broad SMARTS) is 2. The number of unbranched alkanes of at least 4 members (excludes halogenated alkanes) is 2. The summed E-state index contributed by atoms with van der Waals surface area (Å²) in [6.07, 6.45) is 10.4. The summed E-state index contributed by atoms with van der Waals surface area (Å²) in [4.78, 5) is 20.9. The van der Waals surface area contributed by atoms with Crippen molar-refractivity contribution in [3.63, 3.8) is 0 Å². The molecule has 0 aliphatic rings. The zero-order valence-electron chi connectivity index (χ0n) is 30.2. The fraction of sp³-hybridized carbons (Fsp3) is 0.833. The SMILES string of the molecule is C.CC(C)C(=N)CCCCC(C)C(=O)O.CC(C)C(=N)CCCCC(N)C(=O)O.CCCC(=N)C(C)C.CCCC(=N)C(C)C. The van der Waals surface area contributed by atoms with E-state index in [0.717, 1.165) is 93.5 Å². The molecule has 0 saturated carbocycles. The molecule has 0 saturated heterocycles. The second kappa shape index (κ2) is 33.0. The fourth-order valence-corrected chi connectivity index (χ4v) is 3.39. The van der Waals surface area contributed by atoms with Gasteiger partial charge < -0.3 is 37.6 Å². The third kappa shape index (κ3) is 37.7. The predicted molar refractivity (Wildman–Crippen MR) is 196 cm³/mol. The van der Waals surface area contributed by atoms with Crippen LogP contribution in [0.2, 0.25) is 0 Å². The largest absolute Gasteiger partial charge is 0.481 e. The van der Waals surface area contributed by atoms with Crippen molar-refractivity contribution in [2.24, 2.45) is 35.3 Å². The first-order valence-corrected chi connectivity index (χ1v) is 16.8. The molecule has 0 spiro atoms. The van der Waals surface area contributed by atoms with Crippen LogP contribution in [0.4, 0.5) is 0 Å². The van der Waals surface area contributed by atoms with Crippen LogP contribution in [-0.2, 0) is 9.59 Å². The van der Waals surface area contributed by atoms with Gasteiger partial charge in [-0.2, -0.15) is 0 Å². The third-order valence-electron chi connectivity index (χ3n) is 7.11. The van der Waals surface area contributed by atoms with Gasteiger partial charge in [-0.25, -0.2) is 0 Å². The summed E-state index contributed by atoms with van der Waals surface area (Å²) in [5.41, 5.74) is 8.61. The minimum absolute atomic E-state index is 0. The summed E-state index contributed by atoms with van der Waals surface area (Å²) in [6.45, 7) is 22.2. The fourth-order valence-electron chi connectivity index (χ4n) is 3.39. The Morgan fingerprint density at radius 2 is 0.822 bits per heavy atom. The van der Waals surface area contributed by atoms with Gasteiger partial charge in [-0.15, -0.1) is 0 Å². The molecule has 0 aliphatic carbocycles. The van der Waals surface area contributed by atoms with Gasteiger partial charge in [0.1, 0.15) is 6.04 Å². The highest BCUT2D eigenvalue weighted by Gasteiger charge is 2.11. The van der Waals surface area contributed by atoms with E-state index in [1.54, 1.807) is 6.92 Å². The average Bonchev–Trinajstić information content (AvgIpc) is 2.93. The molecule has 0 rings (SSSR count). The molecule has 0 bridgehead atoms. The van der Waals surface area contributed by atoms with E-state index in [2.05, 4.69) is 41.5 Å². The molecule has 45 heavy (non-hydrogen) atoms. The average molecular weight is 642 g/mol. The number of hydrogen-bond donors (Lipinski definition) is 7. The molecule has 0 heterocycles. The highest BCUT2D eigenvalue weighted by Crippen LogP contribution is 2.12. The standard InChI is InChI=1S/C11H21NO2.C10H20N2O2.2C7H15N.CH4/c1-8(2)10(12)7-5-4-6-9(3)11(13)14;1-7(2)8(11)5-3-4-6-9(12)10(13)14;2*1-4-5-7(8)6(2)3;/h8-9,12H,4-7H2,1-3H3,(H,13,14);7,9,11H,3-6,12H2,1-2H3,(H,13,14);2*6,8H,4-5H2,1-3H3;1H4. The lowest BCUT2D eigenvalue weighted by Crippen LogP contribution is -2.29. The van der Waals surface area contributed by atoms with E-state index < -0.39 is 18.0 Å². The van der Waals surface area contributed by atoms with Crippen molar-refractivity contribution in [1.29, 1.82) is 21.6 Å². The van der Waals surface area contributed by atoms with Gasteiger partial charge in [-0.1, -0.05) is 109 Å². The van der Waals surface area contributed by atoms with E-state index >= 15 is 0 Å². The molecule has 0 radical (unpaired) electrons. The van der Waals surface area contributed by atoms with E-state index in [1.165, 1.54) is 0 Å². The number of aliphatic carboxylic acids is 2. The molecule has 9 heteroatoms. The van der Waals surface area contributed by atoms with Crippen LogP contribution in [-0.4, -0.2) is 51.0 Å². The highest BCUT2D eigenvalue weighted by molar-refractivity contribution is 5.84. The van der Waals surface area contributed by atoms with E-state index in [9.17, 15) is 9.59 Å². The van der Waals surface area contributed by atoms with Crippen molar-refractivity contribution in [2.45, 2.75) is 167 Å². The highest BCUT2D eigenvalue weighted by atomic mass is 16.4. The van der Waals surface area contributed by atoms with Crippen molar-refractivity contribution in [1.82, 2.24) is 0 Å². The second-order valence-electron chi connectivity index (χ2n) is 12.9. The molecule has 0 aromatic heterocycles. The van der Waals surface area contributed by atoms with Crippen LogP contribution < -0.4 is 5.73 Å². The van der Waals surface area contributed by atoms with Gasteiger partial charge in [0, 0.05) is 22.8 Å². The molecule has 2 atom stereocenters. The number of nitrogens with one attached hydrogen (secondary N) is 4. The van der Waals surface area contributed by atoms with Crippen LogP contribution in [0.25, 0.3) is 0 Å². The lowest BCUT2D eigenvalue weighted by Gasteiger charge is -2.08. The van der Waals surface area contributed by atoms with E-state index in [1.807, 2.05) is 27.7 Å². The van der Waals surface area contributed by atoms with Gasteiger partial charge in [0.05, 0.1) is 5.92 Å². The van der Waals surface area contributed by atoms with Crippen molar-refractivity contribution in [3.05, 3.63) is 0 Å². The maximum Gasteiger partial charge on any atom is 0.320 e. The summed E-state index contributed by atoms with van der Waals surface area (Å²) in [5.74, 6) is -0.379. The van der Waals surface area contributed by atoms with Gasteiger partial charge in [0.25, 0.3) is 0 Å². The zero-order valence-corrected chi connectivity index (χ0v) is 30.2. The van der Waals surface area contributed by atoms with Crippen molar-refractivity contribution < 1.29 is 19.8 Å².